The van der Waals surface area contributed by atoms with Gasteiger partial charge in [-0.25, -0.2) is 0 Å². The van der Waals surface area contributed by atoms with Gasteiger partial charge >= 0.3 is 0 Å². The number of nitrogens with zero attached hydrogens (tertiary/aromatic N) is 1. The maximum atomic E-state index is 12.7. The van der Waals surface area contributed by atoms with E-state index in [0.29, 0.717) is 11.5 Å². The number of methoxy groups -OCH3 is 1. The molecule has 5 heteroatoms. The average Bonchev–Trinajstić information content (AvgIpc) is 2.96. The van der Waals surface area contributed by atoms with Gasteiger partial charge in [-0.15, -0.1) is 0 Å². The van der Waals surface area contributed by atoms with Gasteiger partial charge in [-0.2, -0.15) is 11.3 Å². The second-order valence-corrected chi connectivity index (χ2v) is 7.09. The zero-order chi connectivity index (χ0) is 14.9. The minimum atomic E-state index is -0.358. The highest BCUT2D eigenvalue weighted by molar-refractivity contribution is 7.07. The smallest absolute Gasteiger partial charge is 0.251 e. The molecule has 2 heterocycles. The lowest BCUT2D eigenvalue weighted by molar-refractivity contribution is -0.143. The van der Waals surface area contributed by atoms with Gasteiger partial charge in [0.1, 0.15) is 6.10 Å². The third kappa shape index (κ3) is 3.00. The molecule has 1 amide bonds. The Hall–Kier alpha value is -0.910. The van der Waals surface area contributed by atoms with Gasteiger partial charge in [0.05, 0.1) is 0 Å². The van der Waals surface area contributed by atoms with E-state index in [1.807, 2.05) is 6.92 Å². The van der Waals surface area contributed by atoms with Crippen LogP contribution in [0.4, 0.5) is 0 Å². The zero-order valence-electron chi connectivity index (χ0n) is 12.8. The summed E-state index contributed by atoms with van der Waals surface area (Å²) >= 11 is 1.69. The van der Waals surface area contributed by atoms with E-state index in [0.717, 1.165) is 26.1 Å². The van der Waals surface area contributed by atoms with Gasteiger partial charge in [0.2, 0.25) is 0 Å². The molecule has 3 rings (SSSR count). The Morgan fingerprint density at radius 3 is 2.95 bits per heavy atom. The molecule has 1 spiro atoms. The van der Waals surface area contributed by atoms with Crippen LogP contribution in [0.25, 0.3) is 0 Å². The van der Waals surface area contributed by atoms with E-state index in [9.17, 15) is 4.79 Å². The van der Waals surface area contributed by atoms with E-state index in [1.54, 1.807) is 18.4 Å². The van der Waals surface area contributed by atoms with Gasteiger partial charge in [0.25, 0.3) is 5.91 Å². The fourth-order valence-electron chi connectivity index (χ4n) is 3.48. The monoisotopic (exact) mass is 308 g/mol. The summed E-state index contributed by atoms with van der Waals surface area (Å²) in [6, 6.07) is 2.50. The molecule has 1 aromatic rings. The first-order valence-electron chi connectivity index (χ1n) is 7.71. The Labute approximate surface area is 130 Å². The number of amides is 1. The Balaban J connectivity index is 1.75. The maximum absolute atomic E-state index is 12.7. The van der Waals surface area contributed by atoms with Gasteiger partial charge in [0, 0.05) is 19.7 Å². The van der Waals surface area contributed by atoms with Crippen molar-refractivity contribution in [3.8, 4) is 0 Å². The molecule has 0 aromatic carbocycles. The van der Waals surface area contributed by atoms with Crippen LogP contribution >= 0.6 is 11.3 Å². The molecule has 1 N–H and O–H groups in total. The standard InChI is InChI=1S/C16H24N2O2S/c1-12(20-2)15(19)18(10-13-3-8-21-11-13)14-9-16(14)4-6-17-7-5-16/h3,8,11-12,14,17H,4-7,9-10H2,1-2H3. The van der Waals surface area contributed by atoms with E-state index in [4.69, 9.17) is 4.74 Å². The Bertz CT molecular complexity index is 482. The summed E-state index contributed by atoms with van der Waals surface area (Å²) in [5.41, 5.74) is 1.59. The molecule has 2 aliphatic rings. The van der Waals surface area contributed by atoms with Gasteiger partial charge in [0.15, 0.2) is 0 Å². The van der Waals surface area contributed by atoms with Crippen molar-refractivity contribution in [1.29, 1.82) is 0 Å². The summed E-state index contributed by atoms with van der Waals surface area (Å²) in [4.78, 5) is 14.8. The SMILES string of the molecule is COC(C)C(=O)N(Cc1ccsc1)C1CC12CCNCC2. The van der Waals surface area contributed by atoms with E-state index in [-0.39, 0.29) is 12.0 Å². The molecule has 1 aromatic heterocycles. The third-order valence-corrected chi connectivity index (χ3v) is 5.77. The Morgan fingerprint density at radius 1 is 1.57 bits per heavy atom. The number of piperidine rings is 1. The molecule has 4 nitrogen and oxygen atoms in total. The summed E-state index contributed by atoms with van der Waals surface area (Å²) < 4.78 is 5.26. The highest BCUT2D eigenvalue weighted by Crippen LogP contribution is 2.56. The summed E-state index contributed by atoms with van der Waals surface area (Å²) in [5, 5.41) is 7.63. The first-order valence-corrected chi connectivity index (χ1v) is 8.66. The van der Waals surface area contributed by atoms with Crippen LogP contribution in [0.1, 0.15) is 31.7 Å². The summed E-state index contributed by atoms with van der Waals surface area (Å²) in [5.74, 6) is 0.129. The zero-order valence-corrected chi connectivity index (χ0v) is 13.6. The third-order valence-electron chi connectivity index (χ3n) is 5.04. The predicted octanol–water partition coefficient (Wildman–Crippen LogP) is 2.25. The number of carbonyl (C=O) groups is 1. The lowest BCUT2D eigenvalue weighted by Crippen LogP contribution is -2.43. The highest BCUT2D eigenvalue weighted by atomic mass is 32.1. The first-order chi connectivity index (χ1) is 10.2. The van der Waals surface area contributed by atoms with Crippen LogP contribution in [0.15, 0.2) is 16.8 Å². The molecule has 2 fully saturated rings. The summed E-state index contributed by atoms with van der Waals surface area (Å²) in [7, 11) is 1.61. The van der Waals surface area contributed by atoms with E-state index < -0.39 is 0 Å². The fourth-order valence-corrected chi connectivity index (χ4v) is 4.14. The molecule has 1 saturated carbocycles. The first kappa shape index (κ1) is 15.0. The van der Waals surface area contributed by atoms with Gasteiger partial charge in [-0.05, 0) is 67.1 Å². The molecule has 0 bridgehead atoms. The summed E-state index contributed by atoms with van der Waals surface area (Å²) in [6.07, 6.45) is 3.17. The van der Waals surface area contributed by atoms with E-state index in [1.165, 1.54) is 18.4 Å². The predicted molar refractivity (Wildman–Crippen MR) is 84.3 cm³/mol. The molecule has 1 aliphatic heterocycles. The van der Waals surface area contributed by atoms with Crippen molar-refractivity contribution in [2.45, 2.75) is 44.9 Å². The molecule has 1 aliphatic carbocycles. The van der Waals surface area contributed by atoms with Crippen LogP contribution in [0.5, 0.6) is 0 Å². The maximum Gasteiger partial charge on any atom is 0.251 e. The molecule has 21 heavy (non-hydrogen) atoms. The fraction of sp³-hybridized carbons (Fsp3) is 0.688. The second-order valence-electron chi connectivity index (χ2n) is 6.31. The lowest BCUT2D eigenvalue weighted by atomic mass is 9.93. The molecular weight excluding hydrogens is 284 g/mol. The number of thiophene rings is 1. The normalized spacial score (nSPS) is 24.8. The number of hydrogen-bond donors (Lipinski definition) is 1. The van der Waals surface area contributed by atoms with Crippen molar-refractivity contribution < 1.29 is 9.53 Å². The van der Waals surface area contributed by atoms with Crippen molar-refractivity contribution >= 4 is 17.2 Å². The van der Waals surface area contributed by atoms with Crippen LogP contribution in [-0.2, 0) is 16.1 Å². The Kier molecular flexibility index (Phi) is 4.33. The molecule has 2 atom stereocenters. The second kappa shape index (κ2) is 6.07. The van der Waals surface area contributed by atoms with Gasteiger partial charge < -0.3 is 15.0 Å². The van der Waals surface area contributed by atoms with Crippen LogP contribution < -0.4 is 5.32 Å². The van der Waals surface area contributed by atoms with Crippen LogP contribution in [0, 0.1) is 5.41 Å². The lowest BCUT2D eigenvalue weighted by Gasteiger charge is -2.31. The largest absolute Gasteiger partial charge is 0.372 e. The van der Waals surface area contributed by atoms with Crippen LogP contribution in [0.3, 0.4) is 0 Å². The van der Waals surface area contributed by atoms with Crippen molar-refractivity contribution in [3.05, 3.63) is 22.4 Å². The van der Waals surface area contributed by atoms with Crippen LogP contribution in [-0.4, -0.2) is 43.2 Å². The number of ether oxygens (including phenoxy) is 1. The molecule has 2 unspecified atom stereocenters. The average molecular weight is 308 g/mol. The van der Waals surface area contributed by atoms with Gasteiger partial charge in [-0.1, -0.05) is 0 Å². The molecule has 116 valence electrons. The quantitative estimate of drug-likeness (QED) is 0.907. The molecular formula is C16H24N2O2S. The van der Waals surface area contributed by atoms with Crippen LogP contribution in [0.2, 0.25) is 0 Å². The number of rotatable bonds is 5. The minimum absolute atomic E-state index is 0.129. The van der Waals surface area contributed by atoms with Crippen molar-refractivity contribution in [2.24, 2.45) is 5.41 Å². The van der Waals surface area contributed by atoms with Crippen molar-refractivity contribution in [1.82, 2.24) is 10.2 Å². The highest BCUT2D eigenvalue weighted by Gasteiger charge is 2.58. The molecule has 1 saturated heterocycles. The van der Waals surface area contributed by atoms with E-state index in [2.05, 4.69) is 27.0 Å². The minimum Gasteiger partial charge on any atom is -0.372 e. The molecule has 0 radical (unpaired) electrons. The number of carbonyl (C=O) groups excluding carboxylic acids is 1. The van der Waals surface area contributed by atoms with E-state index >= 15 is 0 Å². The number of hydrogen-bond acceptors (Lipinski definition) is 4. The Morgan fingerprint density at radius 2 is 2.33 bits per heavy atom. The van der Waals surface area contributed by atoms with Gasteiger partial charge in [-0.3, -0.25) is 4.79 Å². The summed E-state index contributed by atoms with van der Waals surface area (Å²) in [6.45, 7) is 4.73. The number of nitrogens with one attached hydrogen (secondary N) is 1. The topological polar surface area (TPSA) is 41.6 Å². The van der Waals surface area contributed by atoms with Crippen molar-refractivity contribution in [2.75, 3.05) is 20.2 Å². The van der Waals surface area contributed by atoms with Crippen molar-refractivity contribution in [3.63, 3.8) is 0 Å².